The van der Waals surface area contributed by atoms with E-state index in [4.69, 9.17) is 0 Å². The fourth-order valence-electron chi connectivity index (χ4n) is 2.07. The van der Waals surface area contributed by atoms with E-state index in [0.29, 0.717) is 16.5 Å². The second-order valence-corrected chi connectivity index (χ2v) is 7.46. The molecule has 3 nitrogen and oxygen atoms in total. The second-order valence-electron chi connectivity index (χ2n) is 4.67. The highest BCUT2D eigenvalue weighted by atomic mass is 32.2. The molecular weight excluding hydrogens is 252 g/mol. The van der Waals surface area contributed by atoms with Crippen molar-refractivity contribution in [3.8, 4) is 0 Å². The van der Waals surface area contributed by atoms with Crippen LogP contribution in [0, 0.1) is 0 Å². The summed E-state index contributed by atoms with van der Waals surface area (Å²) < 4.78 is 0. The lowest BCUT2D eigenvalue weighted by atomic mass is 10.2. The third-order valence-electron chi connectivity index (χ3n) is 2.90. The first kappa shape index (κ1) is 15.0. The van der Waals surface area contributed by atoms with Crippen LogP contribution in [0.4, 0.5) is 4.79 Å². The number of carbonyl (C=O) groups is 1. The van der Waals surface area contributed by atoms with E-state index in [9.17, 15) is 4.79 Å². The SMILES string of the molecule is CCC(CSC)NC(=O)N1CC(C)SC(C)C1. The molecule has 0 aromatic heterocycles. The van der Waals surface area contributed by atoms with Crippen LogP contribution >= 0.6 is 23.5 Å². The minimum absolute atomic E-state index is 0.116. The molecule has 0 aromatic carbocycles. The van der Waals surface area contributed by atoms with Crippen molar-refractivity contribution >= 4 is 29.6 Å². The molecule has 3 unspecified atom stereocenters. The summed E-state index contributed by atoms with van der Waals surface area (Å²) in [6.07, 6.45) is 3.08. The van der Waals surface area contributed by atoms with Crippen molar-refractivity contribution in [1.82, 2.24) is 10.2 Å². The number of nitrogens with zero attached hydrogens (tertiary/aromatic N) is 1. The number of amides is 2. The number of urea groups is 1. The molecular formula is C12H24N2OS2. The Morgan fingerprint density at radius 1 is 1.47 bits per heavy atom. The maximum Gasteiger partial charge on any atom is 0.317 e. The van der Waals surface area contributed by atoms with Gasteiger partial charge in [-0.25, -0.2) is 4.79 Å². The molecule has 1 aliphatic heterocycles. The van der Waals surface area contributed by atoms with Crippen molar-refractivity contribution in [3.63, 3.8) is 0 Å². The van der Waals surface area contributed by atoms with Gasteiger partial charge in [0.2, 0.25) is 0 Å². The number of carbonyl (C=O) groups excluding carboxylic acids is 1. The molecule has 3 atom stereocenters. The smallest absolute Gasteiger partial charge is 0.317 e. The molecule has 1 aliphatic rings. The van der Waals surface area contributed by atoms with Gasteiger partial charge in [-0.2, -0.15) is 23.5 Å². The van der Waals surface area contributed by atoms with Crippen LogP contribution in [0.15, 0.2) is 0 Å². The Morgan fingerprint density at radius 2 is 2.06 bits per heavy atom. The topological polar surface area (TPSA) is 32.3 Å². The highest BCUT2D eigenvalue weighted by Gasteiger charge is 2.26. The molecule has 1 saturated heterocycles. The zero-order valence-corrected chi connectivity index (χ0v) is 12.9. The number of nitrogens with one attached hydrogen (secondary N) is 1. The van der Waals surface area contributed by atoms with Crippen molar-refractivity contribution < 1.29 is 4.79 Å². The third kappa shape index (κ3) is 5.00. The molecule has 0 aromatic rings. The van der Waals surface area contributed by atoms with Crippen LogP contribution in [-0.2, 0) is 0 Å². The van der Waals surface area contributed by atoms with Crippen molar-refractivity contribution in [1.29, 1.82) is 0 Å². The van der Waals surface area contributed by atoms with Gasteiger partial charge in [-0.15, -0.1) is 0 Å². The molecule has 0 aliphatic carbocycles. The first-order chi connectivity index (χ1) is 8.06. The lowest BCUT2D eigenvalue weighted by Gasteiger charge is -2.35. The molecule has 0 radical (unpaired) electrons. The zero-order valence-electron chi connectivity index (χ0n) is 11.2. The van der Waals surface area contributed by atoms with E-state index in [-0.39, 0.29) is 6.03 Å². The van der Waals surface area contributed by atoms with E-state index in [0.717, 1.165) is 25.3 Å². The van der Waals surface area contributed by atoms with Crippen LogP contribution in [0.25, 0.3) is 0 Å². The van der Waals surface area contributed by atoms with Crippen LogP contribution in [0.1, 0.15) is 27.2 Å². The van der Waals surface area contributed by atoms with E-state index >= 15 is 0 Å². The average molecular weight is 276 g/mol. The summed E-state index contributed by atoms with van der Waals surface area (Å²) in [5, 5.41) is 4.23. The Balaban J connectivity index is 2.45. The van der Waals surface area contributed by atoms with Gasteiger partial charge in [0.05, 0.1) is 0 Å². The normalized spacial score (nSPS) is 26.7. The molecule has 1 fully saturated rings. The number of hydrogen-bond acceptors (Lipinski definition) is 3. The van der Waals surface area contributed by atoms with Gasteiger partial charge < -0.3 is 10.2 Å². The van der Waals surface area contributed by atoms with Crippen molar-refractivity contribution in [3.05, 3.63) is 0 Å². The minimum atomic E-state index is 0.116. The lowest BCUT2D eigenvalue weighted by Crippen LogP contribution is -2.51. The molecule has 17 heavy (non-hydrogen) atoms. The van der Waals surface area contributed by atoms with Gasteiger partial charge in [0.1, 0.15) is 0 Å². The third-order valence-corrected chi connectivity index (χ3v) is 4.86. The summed E-state index contributed by atoms with van der Waals surface area (Å²) in [6.45, 7) is 8.26. The van der Waals surface area contributed by atoms with Gasteiger partial charge in [-0.3, -0.25) is 0 Å². The summed E-state index contributed by atoms with van der Waals surface area (Å²) in [4.78, 5) is 14.1. The van der Waals surface area contributed by atoms with Gasteiger partial charge >= 0.3 is 6.03 Å². The first-order valence-corrected chi connectivity index (χ1v) is 8.60. The zero-order chi connectivity index (χ0) is 12.8. The fraction of sp³-hybridized carbons (Fsp3) is 0.917. The maximum absolute atomic E-state index is 12.1. The average Bonchev–Trinajstić information content (AvgIpc) is 2.27. The molecule has 0 bridgehead atoms. The molecule has 1 N–H and O–H groups in total. The largest absolute Gasteiger partial charge is 0.334 e. The lowest BCUT2D eigenvalue weighted by molar-refractivity contribution is 0.193. The fourth-order valence-corrected chi connectivity index (χ4v) is 4.12. The van der Waals surface area contributed by atoms with E-state index < -0.39 is 0 Å². The van der Waals surface area contributed by atoms with Gasteiger partial charge in [0.25, 0.3) is 0 Å². The standard InChI is InChI=1S/C12H24N2OS2/c1-5-11(8-16-4)13-12(15)14-6-9(2)17-10(3)7-14/h9-11H,5-8H2,1-4H3,(H,13,15). The van der Waals surface area contributed by atoms with Crippen molar-refractivity contribution in [2.45, 2.75) is 43.7 Å². The molecule has 1 rings (SSSR count). The van der Waals surface area contributed by atoms with Crippen molar-refractivity contribution in [2.75, 3.05) is 25.1 Å². The predicted octanol–water partition coefficient (Wildman–Crippen LogP) is 2.66. The Labute approximate surface area is 113 Å². The Morgan fingerprint density at radius 3 is 2.53 bits per heavy atom. The van der Waals surface area contributed by atoms with Crippen LogP contribution in [0.2, 0.25) is 0 Å². The summed E-state index contributed by atoms with van der Waals surface area (Å²) in [6, 6.07) is 0.419. The second kappa shape index (κ2) is 7.41. The minimum Gasteiger partial charge on any atom is -0.334 e. The highest BCUT2D eigenvalue weighted by molar-refractivity contribution is 8.00. The van der Waals surface area contributed by atoms with Gasteiger partial charge in [-0.05, 0) is 12.7 Å². The van der Waals surface area contributed by atoms with Crippen LogP contribution in [0.3, 0.4) is 0 Å². The van der Waals surface area contributed by atoms with Crippen LogP contribution < -0.4 is 5.32 Å². The summed E-state index contributed by atoms with van der Waals surface area (Å²) in [5.74, 6) is 0.996. The summed E-state index contributed by atoms with van der Waals surface area (Å²) >= 11 is 3.76. The molecule has 1 heterocycles. The van der Waals surface area contributed by atoms with Crippen molar-refractivity contribution in [2.24, 2.45) is 0 Å². The van der Waals surface area contributed by atoms with Gasteiger partial charge in [0, 0.05) is 35.4 Å². The monoisotopic (exact) mass is 276 g/mol. The Hall–Kier alpha value is -0.0300. The van der Waals surface area contributed by atoms with Gasteiger partial charge in [0.15, 0.2) is 0 Å². The maximum atomic E-state index is 12.1. The van der Waals surface area contributed by atoms with Crippen LogP contribution in [0.5, 0.6) is 0 Å². The van der Waals surface area contributed by atoms with Gasteiger partial charge in [-0.1, -0.05) is 20.8 Å². The molecule has 5 heteroatoms. The van der Waals surface area contributed by atoms with E-state index in [2.05, 4.69) is 32.3 Å². The van der Waals surface area contributed by atoms with Crippen LogP contribution in [-0.4, -0.2) is 52.6 Å². The summed E-state index contributed by atoms with van der Waals surface area (Å²) in [5.41, 5.74) is 0. The van der Waals surface area contributed by atoms with E-state index in [1.807, 2.05) is 16.7 Å². The molecule has 100 valence electrons. The predicted molar refractivity (Wildman–Crippen MR) is 79.1 cm³/mol. The van der Waals surface area contributed by atoms with E-state index in [1.54, 1.807) is 11.8 Å². The number of thioether (sulfide) groups is 2. The summed E-state index contributed by atoms with van der Waals surface area (Å²) in [7, 11) is 0. The highest BCUT2D eigenvalue weighted by Crippen LogP contribution is 2.24. The van der Waals surface area contributed by atoms with E-state index in [1.165, 1.54) is 0 Å². The first-order valence-electron chi connectivity index (χ1n) is 6.26. The Bertz CT molecular complexity index is 241. The molecule has 2 amide bonds. The number of rotatable bonds is 4. The Kier molecular flexibility index (Phi) is 6.55. The number of hydrogen-bond donors (Lipinski definition) is 1. The quantitative estimate of drug-likeness (QED) is 0.857. The molecule has 0 spiro atoms. The molecule has 0 saturated carbocycles.